The first-order valence-corrected chi connectivity index (χ1v) is 8.20. The van der Waals surface area contributed by atoms with E-state index in [1.807, 2.05) is 18.5 Å². The third-order valence-electron chi connectivity index (χ3n) is 3.81. The van der Waals surface area contributed by atoms with Crippen molar-refractivity contribution in [1.29, 1.82) is 0 Å². The van der Waals surface area contributed by atoms with Crippen LogP contribution in [0.5, 0.6) is 0 Å². The molecule has 1 aromatic heterocycles. The lowest BCUT2D eigenvalue weighted by Crippen LogP contribution is -2.45. The molecule has 21 heavy (non-hydrogen) atoms. The monoisotopic (exact) mass is 365 g/mol. The molecule has 2 aromatic rings. The summed E-state index contributed by atoms with van der Waals surface area (Å²) in [6.45, 7) is 3.95. The zero-order valence-electron chi connectivity index (χ0n) is 11.6. The molecular weight excluding hydrogens is 350 g/mol. The molecule has 3 rings (SSSR count). The van der Waals surface area contributed by atoms with Crippen LogP contribution in [0, 0.1) is 0 Å². The summed E-state index contributed by atoms with van der Waals surface area (Å²) in [5.41, 5.74) is 2.58. The summed E-state index contributed by atoms with van der Waals surface area (Å²) in [5.74, 6) is 0. The summed E-state index contributed by atoms with van der Waals surface area (Å²) in [6.07, 6.45) is 3.72. The minimum Gasteiger partial charge on any atom is -0.314 e. The van der Waals surface area contributed by atoms with Gasteiger partial charge in [-0.05, 0) is 51.3 Å². The van der Waals surface area contributed by atoms with Crippen molar-refractivity contribution in [2.45, 2.75) is 12.6 Å². The molecule has 1 N–H and O–H groups in total. The third kappa shape index (κ3) is 3.64. The smallest absolute Gasteiger partial charge is 0.0548 e. The van der Waals surface area contributed by atoms with Crippen LogP contribution < -0.4 is 5.32 Å². The Kier molecular flexibility index (Phi) is 4.91. The Hall–Kier alpha value is -0.940. The SMILES string of the molecule is Clc1ccc(CN2CCNCC2c2ccncc2)cc1Br. The average molecular weight is 367 g/mol. The Morgan fingerprint density at radius 3 is 2.86 bits per heavy atom. The van der Waals surface area contributed by atoms with Gasteiger partial charge < -0.3 is 5.32 Å². The van der Waals surface area contributed by atoms with Gasteiger partial charge in [-0.15, -0.1) is 0 Å². The number of halogens is 2. The molecule has 0 aliphatic carbocycles. The molecule has 110 valence electrons. The Balaban J connectivity index is 1.79. The number of benzene rings is 1. The zero-order valence-corrected chi connectivity index (χ0v) is 13.9. The van der Waals surface area contributed by atoms with Gasteiger partial charge in [-0.2, -0.15) is 0 Å². The van der Waals surface area contributed by atoms with Crippen LogP contribution in [0.25, 0.3) is 0 Å². The molecule has 1 aliphatic rings. The third-order valence-corrected chi connectivity index (χ3v) is 5.03. The van der Waals surface area contributed by atoms with E-state index in [0.29, 0.717) is 6.04 Å². The molecule has 1 atom stereocenters. The van der Waals surface area contributed by atoms with E-state index < -0.39 is 0 Å². The van der Waals surface area contributed by atoms with Crippen LogP contribution >= 0.6 is 27.5 Å². The van der Waals surface area contributed by atoms with Crippen molar-refractivity contribution in [1.82, 2.24) is 15.2 Å². The lowest BCUT2D eigenvalue weighted by Gasteiger charge is -2.36. The van der Waals surface area contributed by atoms with Gasteiger partial charge in [0.25, 0.3) is 0 Å². The van der Waals surface area contributed by atoms with Crippen LogP contribution in [0.15, 0.2) is 47.2 Å². The van der Waals surface area contributed by atoms with E-state index in [-0.39, 0.29) is 0 Å². The molecule has 0 bridgehead atoms. The standard InChI is InChI=1S/C16H17BrClN3/c17-14-9-12(1-2-15(14)18)11-21-8-7-20-10-16(21)13-3-5-19-6-4-13/h1-6,9,16,20H,7-8,10-11H2. The quantitative estimate of drug-likeness (QED) is 0.899. The molecule has 1 unspecified atom stereocenters. The zero-order chi connectivity index (χ0) is 14.7. The second-order valence-corrected chi connectivity index (χ2v) is 6.48. The number of hydrogen-bond acceptors (Lipinski definition) is 3. The first kappa shape index (κ1) is 15.0. The van der Waals surface area contributed by atoms with Crippen LogP contribution in [-0.2, 0) is 6.54 Å². The first-order chi connectivity index (χ1) is 10.2. The molecule has 0 spiro atoms. The van der Waals surface area contributed by atoms with Crippen molar-refractivity contribution in [2.24, 2.45) is 0 Å². The van der Waals surface area contributed by atoms with Gasteiger partial charge in [0.2, 0.25) is 0 Å². The highest BCUT2D eigenvalue weighted by molar-refractivity contribution is 9.10. The molecule has 5 heteroatoms. The normalized spacial score (nSPS) is 19.6. The van der Waals surface area contributed by atoms with Gasteiger partial charge in [0.05, 0.1) is 5.02 Å². The van der Waals surface area contributed by atoms with Crippen molar-refractivity contribution in [3.63, 3.8) is 0 Å². The van der Waals surface area contributed by atoms with Crippen molar-refractivity contribution in [3.05, 3.63) is 63.3 Å². The number of aromatic nitrogens is 1. The topological polar surface area (TPSA) is 28.2 Å². The molecule has 0 amide bonds. The van der Waals surface area contributed by atoms with Crippen LogP contribution in [0.2, 0.25) is 5.02 Å². The van der Waals surface area contributed by atoms with Gasteiger partial charge >= 0.3 is 0 Å². The maximum atomic E-state index is 6.07. The first-order valence-electron chi connectivity index (χ1n) is 7.02. The fourth-order valence-electron chi connectivity index (χ4n) is 2.72. The predicted octanol–water partition coefficient (Wildman–Crippen LogP) is 3.64. The molecule has 2 heterocycles. The lowest BCUT2D eigenvalue weighted by molar-refractivity contribution is 0.153. The van der Waals surface area contributed by atoms with Gasteiger partial charge in [0, 0.05) is 49.1 Å². The van der Waals surface area contributed by atoms with E-state index in [2.05, 4.69) is 55.4 Å². The summed E-state index contributed by atoms with van der Waals surface area (Å²) in [4.78, 5) is 6.61. The fourth-order valence-corrected chi connectivity index (χ4v) is 3.27. The maximum Gasteiger partial charge on any atom is 0.0548 e. The van der Waals surface area contributed by atoms with Crippen molar-refractivity contribution in [3.8, 4) is 0 Å². The summed E-state index contributed by atoms with van der Waals surface area (Å²) < 4.78 is 0.956. The summed E-state index contributed by atoms with van der Waals surface area (Å²) in [7, 11) is 0. The number of nitrogens with zero attached hydrogens (tertiary/aromatic N) is 2. The number of rotatable bonds is 3. The van der Waals surface area contributed by atoms with Gasteiger partial charge in [-0.3, -0.25) is 9.88 Å². The van der Waals surface area contributed by atoms with E-state index in [0.717, 1.165) is 35.7 Å². The molecule has 3 nitrogen and oxygen atoms in total. The van der Waals surface area contributed by atoms with Crippen LogP contribution in [-0.4, -0.2) is 29.5 Å². The highest BCUT2D eigenvalue weighted by Crippen LogP contribution is 2.27. The Bertz CT molecular complexity index is 606. The molecule has 0 radical (unpaired) electrons. The lowest BCUT2D eigenvalue weighted by atomic mass is 10.0. The Morgan fingerprint density at radius 2 is 2.10 bits per heavy atom. The second-order valence-electron chi connectivity index (χ2n) is 5.22. The van der Waals surface area contributed by atoms with Crippen molar-refractivity contribution >= 4 is 27.5 Å². The van der Waals surface area contributed by atoms with Crippen LogP contribution in [0.1, 0.15) is 17.2 Å². The highest BCUT2D eigenvalue weighted by atomic mass is 79.9. The Labute approximate surface area is 138 Å². The predicted molar refractivity (Wildman–Crippen MR) is 89.4 cm³/mol. The minimum absolute atomic E-state index is 0.385. The maximum absolute atomic E-state index is 6.07. The molecular formula is C16H17BrClN3. The van der Waals surface area contributed by atoms with E-state index in [1.54, 1.807) is 0 Å². The molecule has 1 fully saturated rings. The van der Waals surface area contributed by atoms with E-state index in [4.69, 9.17) is 11.6 Å². The largest absolute Gasteiger partial charge is 0.314 e. The number of hydrogen-bond donors (Lipinski definition) is 1. The van der Waals surface area contributed by atoms with Crippen molar-refractivity contribution in [2.75, 3.05) is 19.6 Å². The summed E-state index contributed by atoms with van der Waals surface area (Å²) in [6, 6.07) is 10.7. The van der Waals surface area contributed by atoms with Crippen molar-refractivity contribution < 1.29 is 0 Å². The highest BCUT2D eigenvalue weighted by Gasteiger charge is 2.23. The number of piperazine rings is 1. The molecule has 1 aliphatic heterocycles. The van der Waals surface area contributed by atoms with Gasteiger partial charge in [0.15, 0.2) is 0 Å². The molecule has 1 saturated heterocycles. The van der Waals surface area contributed by atoms with Gasteiger partial charge in [-0.1, -0.05) is 17.7 Å². The molecule has 0 saturated carbocycles. The minimum atomic E-state index is 0.385. The average Bonchev–Trinajstić information content (AvgIpc) is 2.52. The molecule has 1 aromatic carbocycles. The number of nitrogens with one attached hydrogen (secondary N) is 1. The fraction of sp³-hybridized carbons (Fsp3) is 0.312. The Morgan fingerprint density at radius 1 is 1.29 bits per heavy atom. The number of pyridine rings is 1. The van der Waals surface area contributed by atoms with E-state index in [9.17, 15) is 0 Å². The van der Waals surface area contributed by atoms with E-state index >= 15 is 0 Å². The van der Waals surface area contributed by atoms with Gasteiger partial charge in [-0.25, -0.2) is 0 Å². The summed E-state index contributed by atoms with van der Waals surface area (Å²) >= 11 is 9.57. The van der Waals surface area contributed by atoms with E-state index in [1.165, 1.54) is 11.1 Å². The van der Waals surface area contributed by atoms with Gasteiger partial charge in [0.1, 0.15) is 0 Å². The summed E-state index contributed by atoms with van der Waals surface area (Å²) in [5, 5.41) is 4.23. The van der Waals surface area contributed by atoms with Crippen LogP contribution in [0.4, 0.5) is 0 Å². The van der Waals surface area contributed by atoms with Crippen LogP contribution in [0.3, 0.4) is 0 Å². The second kappa shape index (κ2) is 6.88.